The maximum Gasteiger partial charge on any atom is 0.303 e. The molecule has 1 aliphatic heterocycles. The van der Waals surface area contributed by atoms with E-state index in [1.54, 1.807) is 11.9 Å². The Hall–Kier alpha value is -1.84. The number of carbonyl (C=O) groups is 2. The summed E-state index contributed by atoms with van der Waals surface area (Å²) in [5.41, 5.74) is 3.12. The molecule has 18 heavy (non-hydrogen) atoms. The summed E-state index contributed by atoms with van der Waals surface area (Å²) in [4.78, 5) is 23.8. The second-order valence-corrected chi connectivity index (χ2v) is 4.85. The Balaban J connectivity index is 2.15. The first kappa shape index (κ1) is 12.6. The molecular formula is C14H17NO3. The molecule has 1 atom stereocenters. The first-order valence-corrected chi connectivity index (χ1v) is 6.10. The van der Waals surface area contributed by atoms with Crippen LogP contribution in [0.3, 0.4) is 0 Å². The standard InChI is InChI=1S/C14H17NO3/c1-9(3-6-14(17)18)10-4-5-12-11(7-10)8-13(16)15(12)2/h4-5,7,9H,3,6,8H2,1-2H3,(H,17,18). The van der Waals surface area contributed by atoms with Gasteiger partial charge in [0.15, 0.2) is 0 Å². The second kappa shape index (κ2) is 4.80. The predicted octanol–water partition coefficient (Wildman–Crippen LogP) is 2.17. The van der Waals surface area contributed by atoms with Crippen molar-refractivity contribution >= 4 is 17.6 Å². The van der Waals surface area contributed by atoms with E-state index >= 15 is 0 Å². The number of likely N-dealkylation sites (N-methyl/N-ethyl adjacent to an activating group) is 1. The fourth-order valence-electron chi connectivity index (χ4n) is 2.30. The lowest BCUT2D eigenvalue weighted by molar-refractivity contribution is -0.137. The number of carbonyl (C=O) groups excluding carboxylic acids is 1. The minimum Gasteiger partial charge on any atom is -0.481 e. The van der Waals surface area contributed by atoms with E-state index in [9.17, 15) is 9.59 Å². The van der Waals surface area contributed by atoms with Crippen LogP contribution in [-0.2, 0) is 16.0 Å². The molecule has 0 saturated carbocycles. The molecule has 4 nitrogen and oxygen atoms in total. The van der Waals surface area contributed by atoms with Gasteiger partial charge in [0.2, 0.25) is 5.91 Å². The molecule has 4 heteroatoms. The van der Waals surface area contributed by atoms with Crippen LogP contribution in [0.15, 0.2) is 18.2 Å². The van der Waals surface area contributed by atoms with Gasteiger partial charge in [0.05, 0.1) is 6.42 Å². The van der Waals surface area contributed by atoms with E-state index in [0.717, 1.165) is 16.8 Å². The minimum atomic E-state index is -0.766. The van der Waals surface area contributed by atoms with E-state index in [-0.39, 0.29) is 18.2 Å². The fourth-order valence-corrected chi connectivity index (χ4v) is 2.30. The van der Waals surface area contributed by atoms with Gasteiger partial charge in [-0.3, -0.25) is 9.59 Å². The Kier molecular flexibility index (Phi) is 3.36. The topological polar surface area (TPSA) is 57.6 Å². The monoisotopic (exact) mass is 247 g/mol. The molecular weight excluding hydrogens is 230 g/mol. The summed E-state index contributed by atoms with van der Waals surface area (Å²) in [6.07, 6.45) is 1.25. The summed E-state index contributed by atoms with van der Waals surface area (Å²) in [6.45, 7) is 2.02. The van der Waals surface area contributed by atoms with E-state index in [0.29, 0.717) is 12.8 Å². The van der Waals surface area contributed by atoms with Crippen molar-refractivity contribution in [2.75, 3.05) is 11.9 Å². The zero-order chi connectivity index (χ0) is 13.3. The lowest BCUT2D eigenvalue weighted by atomic mass is 9.94. The number of amides is 1. The molecule has 2 rings (SSSR count). The van der Waals surface area contributed by atoms with Gasteiger partial charge in [-0.1, -0.05) is 19.1 Å². The van der Waals surface area contributed by atoms with Crippen molar-refractivity contribution in [1.29, 1.82) is 0 Å². The van der Waals surface area contributed by atoms with Crippen LogP contribution in [0.2, 0.25) is 0 Å². The molecule has 1 aromatic rings. The number of anilines is 1. The average Bonchev–Trinajstić information content (AvgIpc) is 2.61. The zero-order valence-corrected chi connectivity index (χ0v) is 10.6. The molecule has 0 aliphatic carbocycles. The van der Waals surface area contributed by atoms with Crippen molar-refractivity contribution in [3.63, 3.8) is 0 Å². The van der Waals surface area contributed by atoms with E-state index < -0.39 is 5.97 Å². The first-order valence-electron chi connectivity index (χ1n) is 6.10. The van der Waals surface area contributed by atoms with Gasteiger partial charge in [-0.25, -0.2) is 0 Å². The smallest absolute Gasteiger partial charge is 0.303 e. The highest BCUT2D eigenvalue weighted by molar-refractivity contribution is 6.00. The maximum absolute atomic E-state index is 11.6. The molecule has 0 fully saturated rings. The SMILES string of the molecule is CC(CCC(=O)O)c1ccc2c(c1)CC(=O)N2C. The number of carboxylic acids is 1. The van der Waals surface area contributed by atoms with Gasteiger partial charge in [-0.2, -0.15) is 0 Å². The number of aliphatic carboxylic acids is 1. The number of hydrogen-bond acceptors (Lipinski definition) is 2. The number of carboxylic acid groups (broad SMARTS) is 1. The summed E-state index contributed by atoms with van der Waals surface area (Å²) in [6, 6.07) is 5.97. The summed E-state index contributed by atoms with van der Waals surface area (Å²) in [5.74, 6) is -0.453. The molecule has 1 N–H and O–H groups in total. The fraction of sp³-hybridized carbons (Fsp3) is 0.429. The summed E-state index contributed by atoms with van der Waals surface area (Å²) >= 11 is 0. The summed E-state index contributed by atoms with van der Waals surface area (Å²) in [7, 11) is 1.78. The Labute approximate surface area is 106 Å². The van der Waals surface area contributed by atoms with Crippen LogP contribution in [0.5, 0.6) is 0 Å². The van der Waals surface area contributed by atoms with Crippen LogP contribution in [0, 0.1) is 0 Å². The Morgan fingerprint density at radius 1 is 1.50 bits per heavy atom. The highest BCUT2D eigenvalue weighted by atomic mass is 16.4. The second-order valence-electron chi connectivity index (χ2n) is 4.85. The molecule has 96 valence electrons. The largest absolute Gasteiger partial charge is 0.481 e. The molecule has 1 heterocycles. The molecule has 0 aromatic heterocycles. The maximum atomic E-state index is 11.6. The van der Waals surface area contributed by atoms with Crippen molar-refractivity contribution in [1.82, 2.24) is 0 Å². The van der Waals surface area contributed by atoms with Gasteiger partial charge in [-0.05, 0) is 29.5 Å². The Bertz CT molecular complexity index is 496. The van der Waals surface area contributed by atoms with E-state index in [1.165, 1.54) is 0 Å². The number of fused-ring (bicyclic) bond motifs is 1. The van der Waals surface area contributed by atoms with Crippen LogP contribution in [0.25, 0.3) is 0 Å². The van der Waals surface area contributed by atoms with Crippen LogP contribution in [0.1, 0.15) is 36.8 Å². The van der Waals surface area contributed by atoms with Crippen LogP contribution in [0.4, 0.5) is 5.69 Å². The van der Waals surface area contributed by atoms with Crippen LogP contribution < -0.4 is 4.90 Å². The average molecular weight is 247 g/mol. The third-order valence-corrected chi connectivity index (χ3v) is 3.54. The molecule has 0 bridgehead atoms. The molecule has 0 saturated heterocycles. The summed E-state index contributed by atoms with van der Waals surface area (Å²) < 4.78 is 0. The van der Waals surface area contributed by atoms with E-state index in [2.05, 4.69) is 0 Å². The number of nitrogens with zero attached hydrogens (tertiary/aromatic N) is 1. The first-order chi connectivity index (χ1) is 8.49. The Morgan fingerprint density at radius 2 is 2.22 bits per heavy atom. The van der Waals surface area contributed by atoms with Crippen molar-refractivity contribution in [3.05, 3.63) is 29.3 Å². The molecule has 1 aromatic carbocycles. The number of rotatable bonds is 4. The molecule has 1 amide bonds. The number of benzene rings is 1. The number of hydrogen-bond donors (Lipinski definition) is 1. The molecule has 1 aliphatic rings. The zero-order valence-electron chi connectivity index (χ0n) is 10.6. The van der Waals surface area contributed by atoms with Gasteiger partial charge in [0.25, 0.3) is 0 Å². The van der Waals surface area contributed by atoms with E-state index in [1.807, 2.05) is 25.1 Å². The molecule has 1 unspecified atom stereocenters. The quantitative estimate of drug-likeness (QED) is 0.887. The van der Waals surface area contributed by atoms with Crippen LogP contribution in [-0.4, -0.2) is 24.0 Å². The molecule has 0 spiro atoms. The van der Waals surface area contributed by atoms with E-state index in [4.69, 9.17) is 5.11 Å². The van der Waals surface area contributed by atoms with Crippen molar-refractivity contribution in [2.45, 2.75) is 32.1 Å². The van der Waals surface area contributed by atoms with Gasteiger partial charge in [0, 0.05) is 19.2 Å². The van der Waals surface area contributed by atoms with Crippen molar-refractivity contribution in [2.24, 2.45) is 0 Å². The van der Waals surface area contributed by atoms with Gasteiger partial charge >= 0.3 is 5.97 Å². The normalized spacial score (nSPS) is 15.7. The lowest BCUT2D eigenvalue weighted by Gasteiger charge is -2.14. The van der Waals surface area contributed by atoms with Crippen molar-refractivity contribution < 1.29 is 14.7 Å². The van der Waals surface area contributed by atoms with Gasteiger partial charge < -0.3 is 10.0 Å². The minimum absolute atomic E-state index is 0.111. The third-order valence-electron chi connectivity index (χ3n) is 3.54. The Morgan fingerprint density at radius 3 is 2.89 bits per heavy atom. The lowest BCUT2D eigenvalue weighted by Crippen LogP contribution is -2.20. The highest BCUT2D eigenvalue weighted by Gasteiger charge is 2.24. The highest BCUT2D eigenvalue weighted by Crippen LogP contribution is 2.31. The van der Waals surface area contributed by atoms with Gasteiger partial charge in [-0.15, -0.1) is 0 Å². The molecule has 0 radical (unpaired) electrons. The van der Waals surface area contributed by atoms with Crippen molar-refractivity contribution in [3.8, 4) is 0 Å². The van der Waals surface area contributed by atoms with Gasteiger partial charge in [0.1, 0.15) is 0 Å². The predicted molar refractivity (Wildman–Crippen MR) is 68.8 cm³/mol. The third kappa shape index (κ3) is 2.37. The van der Waals surface area contributed by atoms with Crippen LogP contribution >= 0.6 is 0 Å². The summed E-state index contributed by atoms with van der Waals surface area (Å²) in [5, 5.41) is 8.68.